The first-order chi connectivity index (χ1) is 6.22. The maximum atomic E-state index is 10.3. The summed E-state index contributed by atoms with van der Waals surface area (Å²) in [5.41, 5.74) is 0.185. The van der Waals surface area contributed by atoms with E-state index in [0.717, 1.165) is 0 Å². The number of nitrogens with one attached hydrogen (secondary N) is 2. The molecule has 0 atom stereocenters. The highest BCUT2D eigenvalue weighted by molar-refractivity contribution is 5.86. The third-order valence-corrected chi connectivity index (χ3v) is 1.05. The van der Waals surface area contributed by atoms with Crippen LogP contribution in [0.4, 0.5) is 0 Å². The van der Waals surface area contributed by atoms with Gasteiger partial charge in [-0.05, 0) is 26.2 Å². The third-order valence-electron chi connectivity index (χ3n) is 1.05. The third kappa shape index (κ3) is 5.69. The summed E-state index contributed by atoms with van der Waals surface area (Å²) in [6, 6.07) is 0. The standard InChI is InChI=1S/C7H7NO2.C2H7N/c9-7(10)6-4-2-1-3-5-8-6;1-3-2/h1-5,8H,(H,9,10);3H,1-2H3. The number of allylic oxidation sites excluding steroid dienone is 4. The lowest BCUT2D eigenvalue weighted by Gasteiger charge is -1.96. The maximum Gasteiger partial charge on any atom is 0.352 e. The number of hydrogen-bond donors (Lipinski definition) is 3. The Morgan fingerprint density at radius 1 is 1.38 bits per heavy atom. The normalized spacial score (nSPS) is 13.2. The van der Waals surface area contributed by atoms with Crippen LogP contribution in [-0.4, -0.2) is 25.2 Å². The lowest BCUT2D eigenvalue weighted by molar-refractivity contribution is -0.132. The number of hydrogen-bond acceptors (Lipinski definition) is 3. The molecule has 1 heterocycles. The molecule has 1 aliphatic heterocycles. The van der Waals surface area contributed by atoms with Crippen molar-refractivity contribution in [2.45, 2.75) is 0 Å². The minimum absolute atomic E-state index is 0.185. The minimum atomic E-state index is -0.948. The zero-order valence-corrected chi connectivity index (χ0v) is 7.74. The molecule has 0 aromatic carbocycles. The summed E-state index contributed by atoms with van der Waals surface area (Å²) in [4.78, 5) is 10.3. The molecule has 0 saturated heterocycles. The van der Waals surface area contributed by atoms with Crippen LogP contribution in [0, 0.1) is 0 Å². The van der Waals surface area contributed by atoms with E-state index >= 15 is 0 Å². The highest BCUT2D eigenvalue weighted by atomic mass is 16.4. The van der Waals surface area contributed by atoms with Gasteiger partial charge in [-0.2, -0.15) is 0 Å². The lowest BCUT2D eigenvalue weighted by Crippen LogP contribution is -2.13. The molecule has 4 nitrogen and oxygen atoms in total. The SMILES string of the molecule is CNC.O=C(O)C1=CC=CC=CN1. The maximum absolute atomic E-state index is 10.3. The molecule has 0 aromatic rings. The Bertz CT molecular complexity index is 242. The number of carbonyl (C=O) groups is 1. The molecule has 3 N–H and O–H groups in total. The first kappa shape index (κ1) is 11.4. The Balaban J connectivity index is 0.000000424. The first-order valence-electron chi connectivity index (χ1n) is 3.84. The van der Waals surface area contributed by atoms with Gasteiger partial charge in [-0.15, -0.1) is 0 Å². The van der Waals surface area contributed by atoms with E-state index in [2.05, 4.69) is 10.6 Å². The second-order valence-corrected chi connectivity index (χ2v) is 2.27. The molecule has 0 amide bonds. The minimum Gasteiger partial charge on any atom is -0.477 e. The van der Waals surface area contributed by atoms with Crippen LogP contribution in [0.2, 0.25) is 0 Å². The molecule has 0 unspecified atom stereocenters. The van der Waals surface area contributed by atoms with E-state index in [-0.39, 0.29) is 5.70 Å². The molecule has 72 valence electrons. The Morgan fingerprint density at radius 3 is 2.54 bits per heavy atom. The lowest BCUT2D eigenvalue weighted by atomic mass is 10.4. The van der Waals surface area contributed by atoms with E-state index in [1.807, 2.05) is 14.1 Å². The summed E-state index contributed by atoms with van der Waals surface area (Å²) in [5.74, 6) is -0.948. The number of rotatable bonds is 1. The molecule has 0 spiro atoms. The molecule has 0 bridgehead atoms. The van der Waals surface area contributed by atoms with E-state index in [4.69, 9.17) is 5.11 Å². The van der Waals surface area contributed by atoms with Crippen LogP contribution in [0.1, 0.15) is 0 Å². The molecule has 4 heteroatoms. The van der Waals surface area contributed by atoms with Crippen LogP contribution in [0.25, 0.3) is 0 Å². The predicted octanol–water partition coefficient (Wildman–Crippen LogP) is 0.464. The van der Waals surface area contributed by atoms with E-state index in [1.54, 1.807) is 24.4 Å². The molecule has 0 radical (unpaired) electrons. The Labute approximate surface area is 77.6 Å². The Hall–Kier alpha value is -1.55. The summed E-state index contributed by atoms with van der Waals surface area (Å²) >= 11 is 0. The van der Waals surface area contributed by atoms with Crippen molar-refractivity contribution < 1.29 is 9.90 Å². The first-order valence-corrected chi connectivity index (χ1v) is 3.84. The van der Waals surface area contributed by atoms with Crippen molar-refractivity contribution >= 4 is 5.97 Å². The van der Waals surface area contributed by atoms with Crippen molar-refractivity contribution in [2.24, 2.45) is 0 Å². The molecule has 0 saturated carbocycles. The van der Waals surface area contributed by atoms with Crippen molar-refractivity contribution in [1.82, 2.24) is 10.6 Å². The van der Waals surface area contributed by atoms with Gasteiger partial charge in [0.25, 0.3) is 0 Å². The molecule has 13 heavy (non-hydrogen) atoms. The molecular formula is C9H14N2O2. The molecule has 1 rings (SSSR count). The van der Waals surface area contributed by atoms with Gasteiger partial charge in [0.05, 0.1) is 0 Å². The van der Waals surface area contributed by atoms with Crippen molar-refractivity contribution in [3.63, 3.8) is 0 Å². The van der Waals surface area contributed by atoms with Gasteiger partial charge in [0.15, 0.2) is 0 Å². The van der Waals surface area contributed by atoms with Crippen LogP contribution in [0.5, 0.6) is 0 Å². The van der Waals surface area contributed by atoms with Gasteiger partial charge >= 0.3 is 5.97 Å². The fraction of sp³-hybridized carbons (Fsp3) is 0.222. The topological polar surface area (TPSA) is 61.4 Å². The largest absolute Gasteiger partial charge is 0.477 e. The Kier molecular flexibility index (Phi) is 6.27. The molecular weight excluding hydrogens is 168 g/mol. The highest BCUT2D eigenvalue weighted by Gasteiger charge is 2.02. The fourth-order valence-corrected chi connectivity index (χ4v) is 0.591. The van der Waals surface area contributed by atoms with E-state index in [0.29, 0.717) is 0 Å². The van der Waals surface area contributed by atoms with Gasteiger partial charge in [-0.1, -0.05) is 12.2 Å². The van der Waals surface area contributed by atoms with E-state index in [9.17, 15) is 4.79 Å². The quantitative estimate of drug-likeness (QED) is 0.551. The van der Waals surface area contributed by atoms with Gasteiger partial charge in [-0.3, -0.25) is 0 Å². The monoisotopic (exact) mass is 182 g/mol. The number of carboxylic acid groups (broad SMARTS) is 1. The summed E-state index contributed by atoms with van der Waals surface area (Å²) in [5, 5.41) is 13.8. The molecule has 0 fully saturated rings. The zero-order chi connectivity index (χ0) is 10.1. The van der Waals surface area contributed by atoms with Gasteiger partial charge in [-0.25, -0.2) is 4.79 Å². The van der Waals surface area contributed by atoms with Crippen LogP contribution < -0.4 is 10.6 Å². The second-order valence-electron chi connectivity index (χ2n) is 2.27. The van der Waals surface area contributed by atoms with Gasteiger partial charge in [0, 0.05) is 6.20 Å². The van der Waals surface area contributed by atoms with Crippen molar-refractivity contribution in [3.05, 3.63) is 36.2 Å². The smallest absolute Gasteiger partial charge is 0.352 e. The van der Waals surface area contributed by atoms with Gasteiger partial charge in [0.1, 0.15) is 5.70 Å². The van der Waals surface area contributed by atoms with Crippen molar-refractivity contribution in [2.75, 3.05) is 14.1 Å². The van der Waals surface area contributed by atoms with Crippen LogP contribution in [0.3, 0.4) is 0 Å². The van der Waals surface area contributed by atoms with Crippen molar-refractivity contribution in [3.8, 4) is 0 Å². The fourth-order valence-electron chi connectivity index (χ4n) is 0.591. The number of carboxylic acids is 1. The summed E-state index contributed by atoms with van der Waals surface area (Å²) in [6.45, 7) is 0. The highest BCUT2D eigenvalue weighted by Crippen LogP contribution is 1.94. The van der Waals surface area contributed by atoms with Gasteiger partial charge < -0.3 is 15.7 Å². The Morgan fingerprint density at radius 2 is 2.00 bits per heavy atom. The average Bonchev–Trinajstić information content (AvgIpc) is 2.32. The summed E-state index contributed by atoms with van der Waals surface area (Å²) in [7, 11) is 3.75. The molecule has 1 aliphatic rings. The van der Waals surface area contributed by atoms with Gasteiger partial charge in [0.2, 0.25) is 0 Å². The van der Waals surface area contributed by atoms with Crippen LogP contribution >= 0.6 is 0 Å². The van der Waals surface area contributed by atoms with Crippen LogP contribution in [-0.2, 0) is 4.79 Å². The summed E-state index contributed by atoms with van der Waals surface area (Å²) in [6.07, 6.45) is 8.22. The second kappa shape index (κ2) is 7.12. The number of aliphatic carboxylic acids is 1. The summed E-state index contributed by atoms with van der Waals surface area (Å²) < 4.78 is 0. The van der Waals surface area contributed by atoms with E-state index in [1.165, 1.54) is 6.08 Å². The molecule has 0 aliphatic carbocycles. The predicted molar refractivity (Wildman–Crippen MR) is 52.1 cm³/mol. The van der Waals surface area contributed by atoms with Crippen LogP contribution in [0.15, 0.2) is 36.2 Å². The van der Waals surface area contributed by atoms with Crippen molar-refractivity contribution in [1.29, 1.82) is 0 Å². The molecule has 0 aromatic heterocycles. The van der Waals surface area contributed by atoms with E-state index < -0.39 is 5.97 Å². The average molecular weight is 182 g/mol. The zero-order valence-electron chi connectivity index (χ0n) is 7.74.